The Balaban J connectivity index is 2.51. The van der Waals surface area contributed by atoms with E-state index in [9.17, 15) is 4.79 Å². The van der Waals surface area contributed by atoms with Crippen molar-refractivity contribution in [1.29, 1.82) is 0 Å². The van der Waals surface area contributed by atoms with E-state index >= 15 is 0 Å². The van der Waals surface area contributed by atoms with Gasteiger partial charge in [0.15, 0.2) is 0 Å². The summed E-state index contributed by atoms with van der Waals surface area (Å²) in [6.07, 6.45) is 4.36. The predicted molar refractivity (Wildman–Crippen MR) is 55.6 cm³/mol. The number of carbonyl (C=O) groups is 1. The monoisotopic (exact) mass is 208 g/mol. The van der Waals surface area contributed by atoms with E-state index in [1.54, 1.807) is 25.4 Å². The maximum absolute atomic E-state index is 10.7. The number of rotatable bonds is 4. The maximum Gasteiger partial charge on any atom is 0.331 e. The molecule has 0 aliphatic rings. The van der Waals surface area contributed by atoms with Crippen LogP contribution in [-0.4, -0.2) is 25.2 Å². The molecule has 1 aromatic rings. The summed E-state index contributed by atoms with van der Waals surface area (Å²) in [5.74, 6) is 0.126. The van der Waals surface area contributed by atoms with Gasteiger partial charge in [0.1, 0.15) is 0 Å². The molecule has 1 heterocycles. The minimum atomic E-state index is -0.413. The van der Waals surface area contributed by atoms with Crippen molar-refractivity contribution in [3.63, 3.8) is 0 Å². The van der Waals surface area contributed by atoms with E-state index in [1.165, 1.54) is 19.4 Å². The van der Waals surface area contributed by atoms with Crippen molar-refractivity contribution in [2.75, 3.05) is 19.5 Å². The fourth-order valence-corrected chi connectivity index (χ4v) is 0.860. The molecule has 0 aliphatic heterocycles. The lowest BCUT2D eigenvalue weighted by Crippen LogP contribution is -1.96. The summed E-state index contributed by atoms with van der Waals surface area (Å²) >= 11 is 0. The van der Waals surface area contributed by atoms with Crippen molar-refractivity contribution in [1.82, 2.24) is 4.98 Å². The molecular formula is C10H12N2O3. The number of pyridine rings is 1. The van der Waals surface area contributed by atoms with Gasteiger partial charge in [0, 0.05) is 18.3 Å². The molecule has 0 saturated carbocycles. The first-order valence-corrected chi connectivity index (χ1v) is 4.27. The van der Waals surface area contributed by atoms with Crippen LogP contribution in [0.4, 0.5) is 5.69 Å². The lowest BCUT2D eigenvalue weighted by Gasteiger charge is -2.01. The third-order valence-electron chi connectivity index (χ3n) is 1.62. The first kappa shape index (κ1) is 11.0. The number of nitrogens with zero attached hydrogens (tertiary/aromatic N) is 1. The van der Waals surface area contributed by atoms with Gasteiger partial charge < -0.3 is 14.8 Å². The standard InChI is InChI=1S/C10H12N2O3/c1-14-9-4-3-8(7-12-9)11-6-5-10(13)15-2/h3-7,11H,1-2H3/b6-5+. The van der Waals surface area contributed by atoms with E-state index in [2.05, 4.69) is 15.0 Å². The summed E-state index contributed by atoms with van der Waals surface area (Å²) in [6, 6.07) is 3.50. The Bertz CT molecular complexity index is 346. The number of ether oxygens (including phenoxy) is 2. The molecule has 0 saturated heterocycles. The summed E-state index contributed by atoms with van der Waals surface area (Å²) < 4.78 is 9.32. The molecule has 1 aromatic heterocycles. The van der Waals surface area contributed by atoms with E-state index in [0.717, 1.165) is 5.69 Å². The molecule has 80 valence electrons. The third-order valence-corrected chi connectivity index (χ3v) is 1.62. The van der Waals surface area contributed by atoms with E-state index in [1.807, 2.05) is 0 Å². The van der Waals surface area contributed by atoms with E-state index in [-0.39, 0.29) is 0 Å². The molecular weight excluding hydrogens is 196 g/mol. The molecule has 1 N–H and O–H groups in total. The molecule has 5 heteroatoms. The van der Waals surface area contributed by atoms with Gasteiger partial charge in [0.2, 0.25) is 5.88 Å². The normalized spacial score (nSPS) is 10.0. The maximum atomic E-state index is 10.7. The zero-order valence-corrected chi connectivity index (χ0v) is 8.56. The van der Waals surface area contributed by atoms with Gasteiger partial charge in [0.25, 0.3) is 0 Å². The van der Waals surface area contributed by atoms with Gasteiger partial charge in [0.05, 0.1) is 26.1 Å². The molecule has 1 rings (SSSR count). The molecule has 0 spiro atoms. The number of esters is 1. The van der Waals surface area contributed by atoms with Gasteiger partial charge in [-0.25, -0.2) is 9.78 Å². The molecule has 5 nitrogen and oxygen atoms in total. The highest BCUT2D eigenvalue weighted by atomic mass is 16.5. The second-order valence-electron chi connectivity index (χ2n) is 2.59. The second-order valence-corrected chi connectivity index (χ2v) is 2.59. The van der Waals surface area contributed by atoms with Crippen LogP contribution in [0.1, 0.15) is 0 Å². The van der Waals surface area contributed by atoms with Gasteiger partial charge in [-0.05, 0) is 6.07 Å². The van der Waals surface area contributed by atoms with Gasteiger partial charge in [-0.15, -0.1) is 0 Å². The summed E-state index contributed by atoms with van der Waals surface area (Å²) in [5.41, 5.74) is 0.760. The lowest BCUT2D eigenvalue weighted by atomic mass is 10.4. The molecule has 0 aromatic carbocycles. The highest BCUT2D eigenvalue weighted by Crippen LogP contribution is 2.10. The third kappa shape index (κ3) is 3.68. The molecule has 0 unspecified atom stereocenters. The molecule has 0 aliphatic carbocycles. The zero-order valence-electron chi connectivity index (χ0n) is 8.56. The number of aromatic nitrogens is 1. The van der Waals surface area contributed by atoms with Crippen molar-refractivity contribution in [2.24, 2.45) is 0 Å². The van der Waals surface area contributed by atoms with Crippen LogP contribution in [0.25, 0.3) is 0 Å². The van der Waals surface area contributed by atoms with Crippen LogP contribution in [0.15, 0.2) is 30.6 Å². The molecule has 0 bridgehead atoms. The second kappa shape index (κ2) is 5.64. The van der Waals surface area contributed by atoms with Crippen LogP contribution in [-0.2, 0) is 9.53 Å². The van der Waals surface area contributed by atoms with Gasteiger partial charge >= 0.3 is 5.97 Å². The van der Waals surface area contributed by atoms with Gasteiger partial charge in [-0.2, -0.15) is 0 Å². The van der Waals surface area contributed by atoms with Gasteiger partial charge in [-0.1, -0.05) is 0 Å². The molecule has 0 atom stereocenters. The Morgan fingerprint density at radius 1 is 1.47 bits per heavy atom. The summed E-state index contributed by atoms with van der Waals surface area (Å²) in [4.78, 5) is 14.7. The number of methoxy groups -OCH3 is 2. The van der Waals surface area contributed by atoms with Gasteiger partial charge in [-0.3, -0.25) is 0 Å². The van der Waals surface area contributed by atoms with Crippen LogP contribution >= 0.6 is 0 Å². The number of hydrogen-bond donors (Lipinski definition) is 1. The van der Waals surface area contributed by atoms with Crippen molar-refractivity contribution in [3.8, 4) is 5.88 Å². The fourth-order valence-electron chi connectivity index (χ4n) is 0.860. The van der Waals surface area contributed by atoms with E-state index < -0.39 is 5.97 Å². The molecule has 15 heavy (non-hydrogen) atoms. The van der Waals surface area contributed by atoms with Crippen LogP contribution in [0.2, 0.25) is 0 Å². The molecule has 0 fully saturated rings. The summed E-state index contributed by atoms with van der Waals surface area (Å²) in [5, 5.41) is 2.86. The van der Waals surface area contributed by atoms with E-state index in [4.69, 9.17) is 4.74 Å². The zero-order chi connectivity index (χ0) is 11.1. The average Bonchev–Trinajstić information content (AvgIpc) is 2.29. The Labute approximate surface area is 87.7 Å². The van der Waals surface area contributed by atoms with Crippen LogP contribution in [0.3, 0.4) is 0 Å². The largest absolute Gasteiger partial charge is 0.481 e. The average molecular weight is 208 g/mol. The minimum Gasteiger partial charge on any atom is -0.481 e. The fraction of sp³-hybridized carbons (Fsp3) is 0.200. The number of anilines is 1. The summed E-state index contributed by atoms with van der Waals surface area (Å²) in [6.45, 7) is 0. The number of carbonyl (C=O) groups excluding carboxylic acids is 1. The first-order chi connectivity index (χ1) is 7.26. The highest BCUT2D eigenvalue weighted by Gasteiger charge is 1.93. The Kier molecular flexibility index (Phi) is 4.15. The molecule has 0 radical (unpaired) electrons. The van der Waals surface area contributed by atoms with Crippen LogP contribution < -0.4 is 10.1 Å². The summed E-state index contributed by atoms with van der Waals surface area (Å²) in [7, 11) is 2.87. The van der Waals surface area contributed by atoms with Crippen molar-refractivity contribution in [3.05, 3.63) is 30.6 Å². The van der Waals surface area contributed by atoms with Crippen LogP contribution in [0, 0.1) is 0 Å². The number of nitrogens with one attached hydrogen (secondary N) is 1. The van der Waals surface area contributed by atoms with E-state index in [0.29, 0.717) is 5.88 Å². The van der Waals surface area contributed by atoms with Crippen LogP contribution in [0.5, 0.6) is 5.88 Å². The van der Waals surface area contributed by atoms with Crippen molar-refractivity contribution < 1.29 is 14.3 Å². The predicted octanol–water partition coefficient (Wildman–Crippen LogP) is 1.19. The first-order valence-electron chi connectivity index (χ1n) is 4.27. The minimum absolute atomic E-state index is 0.413. The highest BCUT2D eigenvalue weighted by molar-refractivity contribution is 5.82. The van der Waals surface area contributed by atoms with Crippen molar-refractivity contribution >= 4 is 11.7 Å². The lowest BCUT2D eigenvalue weighted by molar-refractivity contribution is -0.134. The Morgan fingerprint density at radius 3 is 2.80 bits per heavy atom. The Hall–Kier alpha value is -2.04. The smallest absolute Gasteiger partial charge is 0.331 e. The quantitative estimate of drug-likeness (QED) is 0.595. The number of hydrogen-bond acceptors (Lipinski definition) is 5. The molecule has 0 amide bonds. The Morgan fingerprint density at radius 2 is 2.27 bits per heavy atom. The topological polar surface area (TPSA) is 60.5 Å². The SMILES string of the molecule is COC(=O)/C=C/Nc1ccc(OC)nc1. The van der Waals surface area contributed by atoms with Crippen molar-refractivity contribution in [2.45, 2.75) is 0 Å².